The maximum absolute atomic E-state index is 11.0. The Bertz CT molecular complexity index is 612. The number of hydrogen-bond acceptors (Lipinski definition) is 6. The van der Waals surface area contributed by atoms with Gasteiger partial charge in [-0.05, 0) is 37.6 Å². The van der Waals surface area contributed by atoms with Gasteiger partial charge < -0.3 is 9.15 Å². The highest BCUT2D eigenvalue weighted by Crippen LogP contribution is 2.32. The van der Waals surface area contributed by atoms with Crippen molar-refractivity contribution in [1.29, 1.82) is 0 Å². The van der Waals surface area contributed by atoms with Crippen LogP contribution in [-0.2, 0) is 0 Å². The number of aromatic nitrogens is 2. The lowest BCUT2D eigenvalue weighted by Gasteiger charge is -2.10. The molecule has 0 spiro atoms. The molecule has 8 heteroatoms. The van der Waals surface area contributed by atoms with Crippen molar-refractivity contribution >= 4 is 17.3 Å². The molecule has 0 aliphatic carbocycles. The molecule has 0 amide bonds. The zero-order valence-electron chi connectivity index (χ0n) is 10.2. The highest BCUT2D eigenvalue weighted by molar-refractivity contribution is 6.27. The van der Waals surface area contributed by atoms with E-state index in [0.29, 0.717) is 5.56 Å². The summed E-state index contributed by atoms with van der Waals surface area (Å²) in [6.45, 7) is 3.57. The summed E-state index contributed by atoms with van der Waals surface area (Å²) in [7, 11) is 0. The number of hydrogen-bond donors (Lipinski definition) is 0. The molecule has 0 saturated heterocycles. The molecule has 7 nitrogen and oxygen atoms in total. The quantitative estimate of drug-likeness (QED) is 0.632. The predicted octanol–water partition coefficient (Wildman–Crippen LogP) is 3.09. The molecule has 19 heavy (non-hydrogen) atoms. The monoisotopic (exact) mass is 283 g/mol. The van der Waals surface area contributed by atoms with Crippen LogP contribution in [0.2, 0.25) is 5.35 Å². The van der Waals surface area contributed by atoms with Crippen molar-refractivity contribution in [2.45, 2.75) is 20.0 Å². The van der Waals surface area contributed by atoms with Crippen LogP contribution in [0.5, 0.6) is 5.75 Å². The number of ether oxygens (including phenoxy) is 1. The fourth-order valence-electron chi connectivity index (χ4n) is 1.47. The summed E-state index contributed by atoms with van der Waals surface area (Å²) in [6.07, 6.45) is -0.164. The van der Waals surface area contributed by atoms with Gasteiger partial charge in [0.15, 0.2) is 5.75 Å². The standard InChI is InChI=1S/C11H10ClN3O4/c1-6(2)18-9-4-3-7(5-8(9)15(16)17)10-13-14-11(12)19-10/h3-6H,1-2H3. The van der Waals surface area contributed by atoms with Crippen molar-refractivity contribution in [2.24, 2.45) is 0 Å². The molecule has 0 radical (unpaired) electrons. The molecule has 0 bridgehead atoms. The van der Waals surface area contributed by atoms with Gasteiger partial charge in [-0.25, -0.2) is 0 Å². The van der Waals surface area contributed by atoms with Crippen molar-refractivity contribution in [2.75, 3.05) is 0 Å². The van der Waals surface area contributed by atoms with Crippen LogP contribution in [0.15, 0.2) is 22.6 Å². The molecule has 1 aromatic heterocycles. The minimum absolute atomic E-state index is 0.115. The summed E-state index contributed by atoms with van der Waals surface area (Å²) in [4.78, 5) is 10.5. The van der Waals surface area contributed by atoms with Crippen LogP contribution in [0, 0.1) is 10.1 Å². The van der Waals surface area contributed by atoms with Crippen LogP contribution in [0.1, 0.15) is 13.8 Å². The van der Waals surface area contributed by atoms with E-state index in [1.54, 1.807) is 19.9 Å². The lowest BCUT2D eigenvalue weighted by Crippen LogP contribution is -2.07. The summed E-state index contributed by atoms with van der Waals surface area (Å²) < 4.78 is 10.4. The van der Waals surface area contributed by atoms with Crippen molar-refractivity contribution < 1.29 is 14.1 Å². The first-order valence-corrected chi connectivity index (χ1v) is 5.79. The summed E-state index contributed by atoms with van der Waals surface area (Å²) in [5, 5.41) is 18.1. The summed E-state index contributed by atoms with van der Waals surface area (Å²) in [5.74, 6) is 0.304. The minimum Gasteiger partial charge on any atom is -0.484 e. The van der Waals surface area contributed by atoms with E-state index >= 15 is 0 Å². The second-order valence-corrected chi connectivity index (χ2v) is 4.29. The minimum atomic E-state index is -0.529. The lowest BCUT2D eigenvalue weighted by atomic mass is 10.2. The van der Waals surface area contributed by atoms with Crippen molar-refractivity contribution in [1.82, 2.24) is 10.2 Å². The predicted molar refractivity (Wildman–Crippen MR) is 67.2 cm³/mol. The van der Waals surface area contributed by atoms with Gasteiger partial charge in [0.25, 0.3) is 0 Å². The average molecular weight is 284 g/mol. The fourth-order valence-corrected chi connectivity index (χ4v) is 1.58. The van der Waals surface area contributed by atoms with Crippen LogP contribution >= 0.6 is 11.6 Å². The number of nitro benzene ring substituents is 1. The Morgan fingerprint density at radius 3 is 2.68 bits per heavy atom. The molecule has 0 unspecified atom stereocenters. The normalized spacial score (nSPS) is 10.7. The number of halogens is 1. The Kier molecular flexibility index (Phi) is 3.66. The summed E-state index contributed by atoms with van der Waals surface area (Å²) in [5.41, 5.74) is 0.239. The van der Waals surface area contributed by atoms with Gasteiger partial charge in [-0.15, -0.1) is 5.10 Å². The van der Waals surface area contributed by atoms with E-state index in [0.717, 1.165) is 0 Å². The largest absolute Gasteiger partial charge is 0.484 e. The van der Waals surface area contributed by atoms with Gasteiger partial charge in [-0.1, -0.05) is 5.10 Å². The molecule has 2 rings (SSSR count). The molecule has 0 saturated carbocycles. The van der Waals surface area contributed by atoms with E-state index in [1.807, 2.05) is 0 Å². The third-order valence-corrected chi connectivity index (χ3v) is 2.32. The third-order valence-electron chi connectivity index (χ3n) is 2.17. The summed E-state index contributed by atoms with van der Waals surface area (Å²) in [6, 6.07) is 4.39. The Morgan fingerprint density at radius 2 is 2.16 bits per heavy atom. The van der Waals surface area contributed by atoms with E-state index in [-0.39, 0.29) is 28.8 Å². The first-order chi connectivity index (χ1) is 8.97. The van der Waals surface area contributed by atoms with Gasteiger partial charge in [0, 0.05) is 11.6 Å². The Labute approximate surface area is 113 Å². The van der Waals surface area contributed by atoms with E-state index in [1.165, 1.54) is 12.1 Å². The molecule has 0 atom stereocenters. The fraction of sp³-hybridized carbons (Fsp3) is 0.273. The molecule has 1 heterocycles. The first-order valence-electron chi connectivity index (χ1n) is 5.42. The zero-order chi connectivity index (χ0) is 14.0. The number of nitrogens with zero attached hydrogens (tertiary/aromatic N) is 3. The molecule has 2 aromatic rings. The summed E-state index contributed by atoms with van der Waals surface area (Å²) >= 11 is 5.51. The topological polar surface area (TPSA) is 91.3 Å². The average Bonchev–Trinajstić information content (AvgIpc) is 2.75. The smallest absolute Gasteiger partial charge is 0.313 e. The molecule has 100 valence electrons. The van der Waals surface area contributed by atoms with Crippen molar-refractivity contribution in [3.05, 3.63) is 33.7 Å². The van der Waals surface area contributed by atoms with Gasteiger partial charge in [0.2, 0.25) is 5.89 Å². The van der Waals surface area contributed by atoms with Crippen LogP contribution in [0.3, 0.4) is 0 Å². The van der Waals surface area contributed by atoms with Crippen molar-refractivity contribution in [3.8, 4) is 17.2 Å². The highest BCUT2D eigenvalue weighted by Gasteiger charge is 2.19. The molecule has 0 fully saturated rings. The second kappa shape index (κ2) is 5.23. The van der Waals surface area contributed by atoms with E-state index in [4.69, 9.17) is 20.8 Å². The van der Waals surface area contributed by atoms with Crippen LogP contribution < -0.4 is 4.74 Å². The maximum Gasteiger partial charge on any atom is 0.313 e. The third kappa shape index (κ3) is 3.00. The lowest BCUT2D eigenvalue weighted by molar-refractivity contribution is -0.386. The second-order valence-electron chi connectivity index (χ2n) is 3.97. The van der Waals surface area contributed by atoms with Crippen LogP contribution in [-0.4, -0.2) is 21.2 Å². The SMILES string of the molecule is CC(C)Oc1ccc(-c2nnc(Cl)o2)cc1[N+](=O)[O-]. The molecule has 0 N–H and O–H groups in total. The maximum atomic E-state index is 11.0. The number of rotatable bonds is 4. The van der Waals surface area contributed by atoms with Crippen LogP contribution in [0.4, 0.5) is 5.69 Å². The highest BCUT2D eigenvalue weighted by atomic mass is 35.5. The van der Waals surface area contributed by atoms with Gasteiger partial charge in [0.1, 0.15) is 0 Å². The molecule has 1 aromatic carbocycles. The Hall–Kier alpha value is -2.15. The first kappa shape index (κ1) is 13.3. The molecule has 0 aliphatic rings. The van der Waals surface area contributed by atoms with E-state index in [9.17, 15) is 10.1 Å². The molecular formula is C11H10ClN3O4. The van der Waals surface area contributed by atoms with Gasteiger partial charge in [-0.2, -0.15) is 0 Å². The van der Waals surface area contributed by atoms with Crippen molar-refractivity contribution in [3.63, 3.8) is 0 Å². The van der Waals surface area contributed by atoms with Gasteiger partial charge in [0.05, 0.1) is 11.0 Å². The van der Waals surface area contributed by atoms with E-state index < -0.39 is 4.92 Å². The Morgan fingerprint density at radius 1 is 1.42 bits per heavy atom. The number of nitro groups is 1. The van der Waals surface area contributed by atoms with Gasteiger partial charge >= 0.3 is 11.0 Å². The zero-order valence-corrected chi connectivity index (χ0v) is 10.9. The van der Waals surface area contributed by atoms with E-state index in [2.05, 4.69) is 10.2 Å². The number of benzene rings is 1. The Balaban J connectivity index is 2.44. The molecular weight excluding hydrogens is 274 g/mol. The molecule has 0 aliphatic heterocycles. The van der Waals surface area contributed by atoms with Gasteiger partial charge in [-0.3, -0.25) is 10.1 Å². The van der Waals surface area contributed by atoms with Crippen LogP contribution in [0.25, 0.3) is 11.5 Å².